The van der Waals surface area contributed by atoms with Crippen LogP contribution in [0.15, 0.2) is 34.8 Å². The molecule has 0 bridgehead atoms. The molecule has 0 fully saturated rings. The van der Waals surface area contributed by atoms with Crippen LogP contribution in [0.2, 0.25) is 0 Å². The summed E-state index contributed by atoms with van der Waals surface area (Å²) in [5, 5.41) is 11.9. The molecule has 2 aromatic rings. The molecule has 90 valence electrons. The van der Waals surface area contributed by atoms with Gasteiger partial charge in [-0.3, -0.25) is 0 Å². The number of rotatable bonds is 2. The Morgan fingerprint density at radius 2 is 2.11 bits per heavy atom. The number of hydrogen-bond acceptors (Lipinski definition) is 3. The highest BCUT2D eigenvalue weighted by Crippen LogP contribution is 2.26. The number of nitrogens with zero attached hydrogens (tertiary/aromatic N) is 2. The molecule has 0 aliphatic heterocycles. The molecule has 3 nitrogen and oxygen atoms in total. The highest BCUT2D eigenvalue weighted by molar-refractivity contribution is 9.10. The van der Waals surface area contributed by atoms with E-state index in [9.17, 15) is 4.39 Å². The van der Waals surface area contributed by atoms with Gasteiger partial charge in [0.2, 0.25) is 0 Å². The Bertz CT molecular complexity index is 635. The first-order valence-corrected chi connectivity index (χ1v) is 5.98. The zero-order valence-electron chi connectivity index (χ0n) is 9.54. The number of aryl methyl sites for hydroxylation is 1. The highest BCUT2D eigenvalue weighted by atomic mass is 79.9. The fourth-order valence-electron chi connectivity index (χ4n) is 1.53. The van der Waals surface area contributed by atoms with Crippen LogP contribution in [0.25, 0.3) is 0 Å². The predicted molar refractivity (Wildman–Crippen MR) is 71.1 cm³/mol. The first kappa shape index (κ1) is 12.5. The molecule has 0 aliphatic carbocycles. The zero-order chi connectivity index (χ0) is 13.1. The lowest BCUT2D eigenvalue weighted by Crippen LogP contribution is -1.97. The first-order valence-electron chi connectivity index (χ1n) is 5.19. The molecule has 5 heteroatoms. The molecule has 0 unspecified atom stereocenters. The van der Waals surface area contributed by atoms with Crippen molar-refractivity contribution < 1.29 is 4.39 Å². The van der Waals surface area contributed by atoms with Gasteiger partial charge in [-0.05, 0) is 53.2 Å². The maximum absolute atomic E-state index is 13.1. The van der Waals surface area contributed by atoms with E-state index in [-0.39, 0.29) is 5.82 Å². The maximum Gasteiger partial charge on any atom is 0.131 e. The van der Waals surface area contributed by atoms with Crippen LogP contribution >= 0.6 is 15.9 Å². The predicted octanol–water partition coefficient (Wildman–Crippen LogP) is 3.91. The van der Waals surface area contributed by atoms with E-state index >= 15 is 0 Å². The fraction of sp³-hybridized carbons (Fsp3) is 0.0769. The first-order chi connectivity index (χ1) is 8.58. The largest absolute Gasteiger partial charge is 0.339 e. The number of aromatic nitrogens is 1. The Balaban J connectivity index is 2.37. The maximum atomic E-state index is 13.1. The standard InChI is InChI=1S/C13H9BrFN3/c1-8-4-9(7-16)5-13(17-8)18-12-6-10(15)2-3-11(12)14/h2-6H,1H3,(H,17,18). The van der Waals surface area contributed by atoms with Crippen molar-refractivity contribution in [3.8, 4) is 6.07 Å². The van der Waals surface area contributed by atoms with Crippen LogP contribution in [0.4, 0.5) is 15.9 Å². The minimum Gasteiger partial charge on any atom is -0.339 e. The van der Waals surface area contributed by atoms with Crippen molar-refractivity contribution in [3.63, 3.8) is 0 Å². The van der Waals surface area contributed by atoms with E-state index in [1.54, 1.807) is 25.1 Å². The molecule has 2 rings (SSSR count). The van der Waals surface area contributed by atoms with Crippen molar-refractivity contribution in [2.45, 2.75) is 6.92 Å². The van der Waals surface area contributed by atoms with E-state index in [0.717, 1.165) is 10.2 Å². The topological polar surface area (TPSA) is 48.7 Å². The van der Waals surface area contributed by atoms with Crippen molar-refractivity contribution >= 4 is 27.4 Å². The number of benzene rings is 1. The second-order valence-corrected chi connectivity index (χ2v) is 4.60. The van der Waals surface area contributed by atoms with Crippen LogP contribution in [0.5, 0.6) is 0 Å². The number of halogens is 2. The molecular formula is C13H9BrFN3. The molecule has 0 radical (unpaired) electrons. The van der Waals surface area contributed by atoms with Gasteiger partial charge in [0, 0.05) is 10.2 Å². The SMILES string of the molecule is Cc1cc(C#N)cc(Nc2cc(F)ccc2Br)n1. The summed E-state index contributed by atoms with van der Waals surface area (Å²) in [6.07, 6.45) is 0. The molecule has 1 aromatic heterocycles. The average molecular weight is 306 g/mol. The third-order valence-electron chi connectivity index (χ3n) is 2.27. The molecule has 0 aliphatic rings. The molecule has 18 heavy (non-hydrogen) atoms. The lowest BCUT2D eigenvalue weighted by Gasteiger charge is -2.09. The third-order valence-corrected chi connectivity index (χ3v) is 2.97. The Kier molecular flexibility index (Phi) is 3.58. The van der Waals surface area contributed by atoms with Crippen LogP contribution in [0.1, 0.15) is 11.3 Å². The molecule has 1 N–H and O–H groups in total. The smallest absolute Gasteiger partial charge is 0.131 e. The molecule has 0 saturated carbocycles. The van der Waals surface area contributed by atoms with Crippen molar-refractivity contribution in [3.05, 3.63) is 51.9 Å². The van der Waals surface area contributed by atoms with E-state index in [4.69, 9.17) is 5.26 Å². The third kappa shape index (κ3) is 2.84. The van der Waals surface area contributed by atoms with Crippen molar-refractivity contribution in [2.24, 2.45) is 0 Å². The molecule has 1 heterocycles. The lowest BCUT2D eigenvalue weighted by atomic mass is 10.2. The summed E-state index contributed by atoms with van der Waals surface area (Å²) in [7, 11) is 0. The van der Waals surface area contributed by atoms with Crippen LogP contribution in [-0.2, 0) is 0 Å². The zero-order valence-corrected chi connectivity index (χ0v) is 11.1. The monoisotopic (exact) mass is 305 g/mol. The summed E-state index contributed by atoms with van der Waals surface area (Å²) in [6, 6.07) is 9.69. The summed E-state index contributed by atoms with van der Waals surface area (Å²) in [5.41, 5.74) is 1.80. The van der Waals surface area contributed by atoms with Gasteiger partial charge in [0.05, 0.1) is 17.3 Å². The summed E-state index contributed by atoms with van der Waals surface area (Å²) >= 11 is 3.32. The van der Waals surface area contributed by atoms with E-state index in [2.05, 4.69) is 32.3 Å². The summed E-state index contributed by atoms with van der Waals surface area (Å²) in [6.45, 7) is 1.80. The fourth-order valence-corrected chi connectivity index (χ4v) is 1.87. The molecule has 0 saturated heterocycles. The van der Waals surface area contributed by atoms with Crippen LogP contribution < -0.4 is 5.32 Å². The number of pyridine rings is 1. The van der Waals surface area contributed by atoms with Gasteiger partial charge in [0.15, 0.2) is 0 Å². The number of nitrogens with one attached hydrogen (secondary N) is 1. The van der Waals surface area contributed by atoms with Gasteiger partial charge >= 0.3 is 0 Å². The van der Waals surface area contributed by atoms with Crippen LogP contribution in [0.3, 0.4) is 0 Å². The average Bonchev–Trinajstić information content (AvgIpc) is 2.33. The van der Waals surface area contributed by atoms with Gasteiger partial charge in [0.1, 0.15) is 11.6 Å². The molecule has 0 spiro atoms. The minimum absolute atomic E-state index is 0.339. The van der Waals surface area contributed by atoms with Gasteiger partial charge < -0.3 is 5.32 Å². The van der Waals surface area contributed by atoms with E-state index in [0.29, 0.717) is 17.1 Å². The second-order valence-electron chi connectivity index (χ2n) is 3.74. The number of anilines is 2. The van der Waals surface area contributed by atoms with Gasteiger partial charge in [-0.1, -0.05) is 0 Å². The van der Waals surface area contributed by atoms with Crippen molar-refractivity contribution in [2.75, 3.05) is 5.32 Å². The van der Waals surface area contributed by atoms with Gasteiger partial charge in [0.25, 0.3) is 0 Å². The van der Waals surface area contributed by atoms with Gasteiger partial charge in [-0.2, -0.15) is 5.26 Å². The molecule has 1 aromatic carbocycles. The van der Waals surface area contributed by atoms with E-state index in [1.807, 2.05) is 0 Å². The highest BCUT2D eigenvalue weighted by Gasteiger charge is 2.05. The van der Waals surface area contributed by atoms with Gasteiger partial charge in [-0.15, -0.1) is 0 Å². The quantitative estimate of drug-likeness (QED) is 0.915. The molecular weight excluding hydrogens is 297 g/mol. The Hall–Kier alpha value is -1.93. The lowest BCUT2D eigenvalue weighted by molar-refractivity contribution is 0.628. The summed E-state index contributed by atoms with van der Waals surface area (Å²) in [5.74, 6) is 0.173. The van der Waals surface area contributed by atoms with E-state index < -0.39 is 0 Å². The van der Waals surface area contributed by atoms with Crippen LogP contribution in [-0.4, -0.2) is 4.98 Å². The van der Waals surface area contributed by atoms with Crippen molar-refractivity contribution in [1.29, 1.82) is 5.26 Å². The minimum atomic E-state index is -0.339. The molecule has 0 amide bonds. The van der Waals surface area contributed by atoms with E-state index in [1.165, 1.54) is 12.1 Å². The number of nitriles is 1. The Labute approximate surface area is 112 Å². The Morgan fingerprint density at radius 1 is 1.33 bits per heavy atom. The normalized spacial score (nSPS) is 9.89. The summed E-state index contributed by atoms with van der Waals surface area (Å²) < 4.78 is 13.9. The summed E-state index contributed by atoms with van der Waals surface area (Å²) in [4.78, 5) is 4.24. The second kappa shape index (κ2) is 5.15. The van der Waals surface area contributed by atoms with Crippen molar-refractivity contribution in [1.82, 2.24) is 4.98 Å². The van der Waals surface area contributed by atoms with Crippen LogP contribution in [0, 0.1) is 24.1 Å². The van der Waals surface area contributed by atoms with Gasteiger partial charge in [-0.25, -0.2) is 9.37 Å². The Morgan fingerprint density at radius 3 is 2.83 bits per heavy atom. The molecule has 0 atom stereocenters. The number of hydrogen-bond donors (Lipinski definition) is 1.